The average Bonchev–Trinajstić information content (AvgIpc) is 2.67. The van der Waals surface area contributed by atoms with Gasteiger partial charge in [0.2, 0.25) is 10.0 Å². The molecule has 3 nitrogen and oxygen atoms in total. The molecule has 0 aromatic heterocycles. The maximum atomic E-state index is 13.0. The molecular weight excluding hydrogens is 349 g/mol. The van der Waals surface area contributed by atoms with Crippen LogP contribution in [0.2, 0.25) is 0 Å². The molecule has 0 bridgehead atoms. The van der Waals surface area contributed by atoms with Gasteiger partial charge in [-0.3, -0.25) is 0 Å². The number of sulfonamides is 1. The van der Waals surface area contributed by atoms with Gasteiger partial charge in [0.15, 0.2) is 0 Å². The lowest BCUT2D eigenvalue weighted by Crippen LogP contribution is -2.39. The van der Waals surface area contributed by atoms with Crippen LogP contribution in [0.5, 0.6) is 0 Å². The van der Waals surface area contributed by atoms with Gasteiger partial charge in [-0.15, -0.1) is 0 Å². The Bertz CT molecular complexity index is 875. The number of piperidine rings is 1. The number of hydrogen-bond donors (Lipinski definition) is 0. The molecule has 1 aliphatic rings. The van der Waals surface area contributed by atoms with Gasteiger partial charge < -0.3 is 0 Å². The van der Waals surface area contributed by atoms with Crippen LogP contribution in [0, 0.1) is 17.7 Å². The van der Waals surface area contributed by atoms with E-state index in [1.165, 1.54) is 12.1 Å². The van der Waals surface area contributed by atoms with Crippen molar-refractivity contribution >= 4 is 10.0 Å². The van der Waals surface area contributed by atoms with Crippen molar-refractivity contribution in [2.45, 2.75) is 25.2 Å². The molecule has 0 N–H and O–H groups in total. The first-order valence-electron chi connectivity index (χ1n) is 8.82. The molecule has 1 aliphatic heterocycles. The average molecular weight is 371 g/mol. The first kappa shape index (κ1) is 18.6. The molecule has 1 heterocycles. The van der Waals surface area contributed by atoms with E-state index < -0.39 is 10.0 Å². The molecule has 1 fully saturated rings. The zero-order valence-electron chi connectivity index (χ0n) is 14.6. The third-order valence-corrected chi connectivity index (χ3v) is 6.55. The van der Waals surface area contributed by atoms with Crippen LogP contribution in [0.1, 0.15) is 36.3 Å². The van der Waals surface area contributed by atoms with Crippen molar-refractivity contribution in [3.05, 3.63) is 71.5 Å². The Morgan fingerprint density at radius 1 is 1.00 bits per heavy atom. The number of hydrogen-bond acceptors (Lipinski definition) is 2. The molecule has 0 unspecified atom stereocenters. The molecule has 0 saturated carbocycles. The van der Waals surface area contributed by atoms with E-state index in [-0.39, 0.29) is 11.6 Å². The highest BCUT2D eigenvalue weighted by molar-refractivity contribution is 7.89. The molecule has 2 aromatic carbocycles. The fraction of sp³-hybridized carbons (Fsp3) is 0.333. The summed E-state index contributed by atoms with van der Waals surface area (Å²) in [6, 6.07) is 16.1. The van der Waals surface area contributed by atoms with Gasteiger partial charge in [0.25, 0.3) is 0 Å². The topological polar surface area (TPSA) is 37.4 Å². The number of rotatable bonds is 4. The Labute approximate surface area is 154 Å². The summed E-state index contributed by atoms with van der Waals surface area (Å²) >= 11 is 0. The second-order valence-electron chi connectivity index (χ2n) is 6.46. The largest absolute Gasteiger partial charge is 0.215 e. The predicted molar refractivity (Wildman–Crippen MR) is 102 cm³/mol. The normalized spacial score (nSPS) is 16.0. The van der Waals surface area contributed by atoms with Gasteiger partial charge in [0.1, 0.15) is 5.82 Å². The first-order chi connectivity index (χ1) is 12.5. The van der Waals surface area contributed by atoms with E-state index in [1.54, 1.807) is 16.4 Å². The summed E-state index contributed by atoms with van der Waals surface area (Å²) in [6.07, 6.45) is 1.86. The standard InChI is InChI=1S/C21H22FNO2S/c22-21-11-9-19(10-12-21)20-13-15-23(16-14-20)26(24,25)17-5-4-8-18-6-2-1-3-7-18/h1-3,6-7,9-12,20H,5,13-17H2. The van der Waals surface area contributed by atoms with Crippen LogP contribution in [0.15, 0.2) is 54.6 Å². The second-order valence-corrected chi connectivity index (χ2v) is 8.55. The fourth-order valence-electron chi connectivity index (χ4n) is 3.20. The Morgan fingerprint density at radius 3 is 2.31 bits per heavy atom. The minimum absolute atomic E-state index is 0.0497. The van der Waals surface area contributed by atoms with Crippen LogP contribution in [0.25, 0.3) is 0 Å². The molecule has 0 radical (unpaired) electrons. The number of nitrogens with zero attached hydrogens (tertiary/aromatic N) is 1. The van der Waals surface area contributed by atoms with Crippen LogP contribution in [-0.2, 0) is 10.0 Å². The summed E-state index contributed by atoms with van der Waals surface area (Å²) in [5.41, 5.74) is 1.97. The van der Waals surface area contributed by atoms with Crippen molar-refractivity contribution < 1.29 is 12.8 Å². The Morgan fingerprint density at radius 2 is 1.65 bits per heavy atom. The lowest BCUT2D eigenvalue weighted by atomic mass is 9.90. The zero-order chi connectivity index (χ0) is 18.4. The van der Waals surface area contributed by atoms with Crippen LogP contribution in [0.3, 0.4) is 0 Å². The SMILES string of the molecule is O=S(=O)(CCC#Cc1ccccc1)N1CCC(c2ccc(F)cc2)CC1. The van der Waals surface area contributed by atoms with Gasteiger partial charge in [-0.2, -0.15) is 0 Å². The van der Waals surface area contributed by atoms with E-state index in [0.29, 0.717) is 25.4 Å². The van der Waals surface area contributed by atoms with Gasteiger partial charge in [0, 0.05) is 25.1 Å². The summed E-state index contributed by atoms with van der Waals surface area (Å²) in [4.78, 5) is 0. The molecule has 0 atom stereocenters. The van der Waals surface area contributed by atoms with Gasteiger partial charge in [-0.1, -0.05) is 42.2 Å². The Balaban J connectivity index is 1.51. The van der Waals surface area contributed by atoms with E-state index in [9.17, 15) is 12.8 Å². The van der Waals surface area contributed by atoms with Crippen molar-refractivity contribution in [1.82, 2.24) is 4.31 Å². The zero-order valence-corrected chi connectivity index (χ0v) is 15.4. The van der Waals surface area contributed by atoms with Crippen molar-refractivity contribution in [2.24, 2.45) is 0 Å². The van der Waals surface area contributed by atoms with Crippen molar-refractivity contribution in [1.29, 1.82) is 0 Å². The molecule has 0 spiro atoms. The lowest BCUT2D eigenvalue weighted by Gasteiger charge is -2.31. The third kappa shape index (κ3) is 4.94. The predicted octanol–water partition coefficient (Wildman–Crippen LogP) is 3.78. The smallest absolute Gasteiger partial charge is 0.212 e. The van der Waals surface area contributed by atoms with Crippen LogP contribution < -0.4 is 0 Å². The van der Waals surface area contributed by atoms with E-state index in [4.69, 9.17) is 0 Å². The number of halogens is 1. The van der Waals surface area contributed by atoms with E-state index in [2.05, 4.69) is 11.8 Å². The van der Waals surface area contributed by atoms with Gasteiger partial charge >= 0.3 is 0 Å². The molecule has 136 valence electrons. The summed E-state index contributed by atoms with van der Waals surface area (Å²) < 4.78 is 39.6. The van der Waals surface area contributed by atoms with Gasteiger partial charge in [0.05, 0.1) is 5.75 Å². The summed E-state index contributed by atoms with van der Waals surface area (Å²) in [5, 5.41) is 0. The van der Waals surface area contributed by atoms with Crippen LogP contribution in [-0.4, -0.2) is 31.6 Å². The molecule has 0 amide bonds. The quantitative estimate of drug-likeness (QED) is 0.767. The first-order valence-corrected chi connectivity index (χ1v) is 10.4. The second kappa shape index (κ2) is 8.48. The van der Waals surface area contributed by atoms with Crippen LogP contribution >= 0.6 is 0 Å². The highest BCUT2D eigenvalue weighted by Gasteiger charge is 2.28. The van der Waals surface area contributed by atoms with Gasteiger partial charge in [-0.25, -0.2) is 17.1 Å². The lowest BCUT2D eigenvalue weighted by molar-refractivity contribution is 0.319. The number of benzene rings is 2. The molecule has 2 aromatic rings. The Hall–Kier alpha value is -2.16. The van der Waals surface area contributed by atoms with Gasteiger partial charge in [-0.05, 0) is 48.6 Å². The van der Waals surface area contributed by atoms with E-state index in [1.807, 2.05) is 30.3 Å². The maximum absolute atomic E-state index is 13.0. The maximum Gasteiger partial charge on any atom is 0.215 e. The molecule has 0 aliphatic carbocycles. The summed E-state index contributed by atoms with van der Waals surface area (Å²) in [6.45, 7) is 1.02. The van der Waals surface area contributed by atoms with Crippen molar-refractivity contribution in [3.63, 3.8) is 0 Å². The molecular formula is C21H22FNO2S. The fourth-order valence-corrected chi connectivity index (χ4v) is 4.58. The molecule has 1 saturated heterocycles. The minimum atomic E-state index is -3.28. The molecule has 3 rings (SSSR count). The minimum Gasteiger partial charge on any atom is -0.212 e. The van der Waals surface area contributed by atoms with Crippen molar-refractivity contribution in [3.8, 4) is 11.8 Å². The van der Waals surface area contributed by atoms with E-state index >= 15 is 0 Å². The monoisotopic (exact) mass is 371 g/mol. The molecule has 5 heteroatoms. The van der Waals surface area contributed by atoms with Crippen LogP contribution in [0.4, 0.5) is 4.39 Å². The summed E-state index contributed by atoms with van der Waals surface area (Å²) in [5.74, 6) is 6.03. The van der Waals surface area contributed by atoms with E-state index in [0.717, 1.165) is 24.0 Å². The third-order valence-electron chi connectivity index (χ3n) is 4.68. The molecule has 26 heavy (non-hydrogen) atoms. The highest BCUT2D eigenvalue weighted by atomic mass is 32.2. The van der Waals surface area contributed by atoms with Crippen molar-refractivity contribution in [2.75, 3.05) is 18.8 Å². The Kier molecular flexibility index (Phi) is 6.08. The summed E-state index contributed by atoms with van der Waals surface area (Å²) in [7, 11) is -3.28. The highest BCUT2D eigenvalue weighted by Crippen LogP contribution is 2.29.